The van der Waals surface area contributed by atoms with Crippen LogP contribution in [0, 0.1) is 0 Å². The summed E-state index contributed by atoms with van der Waals surface area (Å²) in [7, 11) is 4.03. The van der Waals surface area contributed by atoms with Crippen molar-refractivity contribution in [3.63, 3.8) is 0 Å². The van der Waals surface area contributed by atoms with Gasteiger partial charge in [-0.3, -0.25) is 4.79 Å². The highest BCUT2D eigenvalue weighted by Crippen LogP contribution is 2.17. The second-order valence-electron chi connectivity index (χ2n) is 5.26. The van der Waals surface area contributed by atoms with Gasteiger partial charge in [0.25, 0.3) is 0 Å². The molecule has 2 N–H and O–H groups in total. The maximum atomic E-state index is 11.4. The lowest BCUT2D eigenvalue weighted by molar-refractivity contribution is 0.101. The monoisotopic (exact) mass is 299 g/mol. The summed E-state index contributed by atoms with van der Waals surface area (Å²) in [4.78, 5) is 22.1. The number of aromatic nitrogens is 2. The molecule has 6 heteroatoms. The zero-order valence-corrected chi connectivity index (χ0v) is 13.1. The van der Waals surface area contributed by atoms with E-state index in [9.17, 15) is 4.79 Å². The first-order valence-electron chi connectivity index (χ1n) is 7.14. The quantitative estimate of drug-likeness (QED) is 0.765. The van der Waals surface area contributed by atoms with E-state index >= 15 is 0 Å². The number of benzene rings is 1. The van der Waals surface area contributed by atoms with Crippen molar-refractivity contribution in [2.75, 3.05) is 37.8 Å². The molecule has 0 amide bonds. The summed E-state index contributed by atoms with van der Waals surface area (Å²) in [6, 6.07) is 9.13. The van der Waals surface area contributed by atoms with Crippen LogP contribution in [0.3, 0.4) is 0 Å². The molecule has 6 nitrogen and oxygen atoms in total. The number of rotatable bonds is 7. The van der Waals surface area contributed by atoms with Gasteiger partial charge in [0.2, 0.25) is 5.95 Å². The van der Waals surface area contributed by atoms with Gasteiger partial charge in [-0.1, -0.05) is 12.1 Å². The lowest BCUT2D eigenvalue weighted by Gasteiger charge is -2.11. The topological polar surface area (TPSA) is 70.2 Å². The molecule has 0 unspecified atom stereocenters. The number of carbonyl (C=O) groups excluding carboxylic acids is 1. The molecule has 2 aromatic rings. The van der Waals surface area contributed by atoms with Gasteiger partial charge in [0.15, 0.2) is 5.78 Å². The van der Waals surface area contributed by atoms with Gasteiger partial charge in [-0.2, -0.15) is 4.98 Å². The highest BCUT2D eigenvalue weighted by molar-refractivity contribution is 5.95. The van der Waals surface area contributed by atoms with Crippen LogP contribution in [0.1, 0.15) is 17.3 Å². The number of hydrogen-bond donors (Lipinski definition) is 2. The maximum absolute atomic E-state index is 11.4. The van der Waals surface area contributed by atoms with Gasteiger partial charge in [-0.05, 0) is 39.2 Å². The zero-order chi connectivity index (χ0) is 15.9. The second-order valence-corrected chi connectivity index (χ2v) is 5.26. The third-order valence-corrected chi connectivity index (χ3v) is 3.04. The van der Waals surface area contributed by atoms with Crippen molar-refractivity contribution in [2.45, 2.75) is 6.92 Å². The first-order chi connectivity index (χ1) is 10.5. The molecular formula is C16H21N5O. The minimum atomic E-state index is 0.0392. The molecule has 0 spiro atoms. The zero-order valence-electron chi connectivity index (χ0n) is 13.1. The third kappa shape index (κ3) is 4.82. The molecule has 0 saturated carbocycles. The summed E-state index contributed by atoms with van der Waals surface area (Å²) >= 11 is 0. The second kappa shape index (κ2) is 7.51. The Morgan fingerprint density at radius 2 is 2.09 bits per heavy atom. The summed E-state index contributed by atoms with van der Waals surface area (Å²) in [5.74, 6) is 1.30. The van der Waals surface area contributed by atoms with Crippen LogP contribution in [-0.4, -0.2) is 47.8 Å². The van der Waals surface area contributed by atoms with Crippen LogP contribution in [-0.2, 0) is 0 Å². The molecule has 0 saturated heterocycles. The number of hydrogen-bond acceptors (Lipinski definition) is 6. The van der Waals surface area contributed by atoms with Crippen molar-refractivity contribution in [1.29, 1.82) is 0 Å². The van der Waals surface area contributed by atoms with E-state index in [-0.39, 0.29) is 5.78 Å². The average molecular weight is 299 g/mol. The lowest BCUT2D eigenvalue weighted by atomic mass is 10.1. The molecule has 1 aromatic heterocycles. The van der Waals surface area contributed by atoms with Gasteiger partial charge in [0.1, 0.15) is 5.82 Å². The number of ketones is 1. The lowest BCUT2D eigenvalue weighted by Crippen LogP contribution is -2.21. The van der Waals surface area contributed by atoms with E-state index in [4.69, 9.17) is 0 Å². The summed E-state index contributed by atoms with van der Waals surface area (Å²) in [5.41, 5.74) is 1.49. The Hall–Kier alpha value is -2.47. The molecule has 0 aliphatic heterocycles. The average Bonchev–Trinajstić information content (AvgIpc) is 2.47. The van der Waals surface area contributed by atoms with Crippen LogP contribution >= 0.6 is 0 Å². The van der Waals surface area contributed by atoms with Crippen molar-refractivity contribution in [3.8, 4) is 0 Å². The van der Waals surface area contributed by atoms with Crippen LogP contribution in [0.25, 0.3) is 0 Å². The van der Waals surface area contributed by atoms with E-state index in [1.807, 2.05) is 32.3 Å². The molecule has 0 aliphatic carbocycles. The van der Waals surface area contributed by atoms with Gasteiger partial charge in [0.05, 0.1) is 0 Å². The van der Waals surface area contributed by atoms with Crippen LogP contribution in [0.5, 0.6) is 0 Å². The van der Waals surface area contributed by atoms with Gasteiger partial charge in [-0.15, -0.1) is 0 Å². The largest absolute Gasteiger partial charge is 0.353 e. The van der Waals surface area contributed by atoms with Gasteiger partial charge in [0, 0.05) is 30.5 Å². The van der Waals surface area contributed by atoms with Gasteiger partial charge >= 0.3 is 0 Å². The Kier molecular flexibility index (Phi) is 5.43. The standard InChI is InChI=1S/C16H21N5O/c1-12(22)13-5-4-6-14(11-13)19-15-7-8-17-16(20-15)18-9-10-21(2)3/h4-8,11H,9-10H2,1-3H3,(H2,17,18,19,20). The number of nitrogens with zero attached hydrogens (tertiary/aromatic N) is 3. The summed E-state index contributed by atoms with van der Waals surface area (Å²) in [6.07, 6.45) is 1.70. The number of anilines is 3. The molecule has 0 radical (unpaired) electrons. The van der Waals surface area contributed by atoms with Gasteiger partial charge < -0.3 is 15.5 Å². The number of likely N-dealkylation sites (N-methyl/N-ethyl adjacent to an activating group) is 1. The van der Waals surface area contributed by atoms with E-state index in [0.29, 0.717) is 17.3 Å². The molecule has 1 heterocycles. The smallest absolute Gasteiger partial charge is 0.224 e. The SMILES string of the molecule is CC(=O)c1cccc(Nc2ccnc(NCCN(C)C)n2)c1. The minimum Gasteiger partial charge on any atom is -0.353 e. The highest BCUT2D eigenvalue weighted by atomic mass is 16.1. The number of Topliss-reactive ketones (excluding diaryl/α,β-unsaturated/α-hetero) is 1. The summed E-state index contributed by atoms with van der Waals surface area (Å²) < 4.78 is 0. The van der Waals surface area contributed by atoms with Crippen molar-refractivity contribution in [1.82, 2.24) is 14.9 Å². The van der Waals surface area contributed by atoms with E-state index < -0.39 is 0 Å². The summed E-state index contributed by atoms with van der Waals surface area (Å²) in [5, 5.41) is 6.36. The number of carbonyl (C=O) groups is 1. The third-order valence-electron chi connectivity index (χ3n) is 3.04. The molecule has 0 fully saturated rings. The molecule has 1 aromatic carbocycles. The van der Waals surface area contributed by atoms with Crippen molar-refractivity contribution in [2.24, 2.45) is 0 Å². The van der Waals surface area contributed by atoms with Gasteiger partial charge in [-0.25, -0.2) is 4.98 Å². The van der Waals surface area contributed by atoms with Crippen molar-refractivity contribution >= 4 is 23.2 Å². The predicted octanol–water partition coefficient (Wildman–Crippen LogP) is 2.40. The Labute approximate surface area is 130 Å². The minimum absolute atomic E-state index is 0.0392. The normalized spacial score (nSPS) is 10.5. The van der Waals surface area contributed by atoms with Crippen LogP contribution in [0.15, 0.2) is 36.5 Å². The van der Waals surface area contributed by atoms with Crippen molar-refractivity contribution < 1.29 is 4.79 Å². The fourth-order valence-electron chi connectivity index (χ4n) is 1.87. The fraction of sp³-hybridized carbons (Fsp3) is 0.312. The van der Waals surface area contributed by atoms with E-state index in [1.54, 1.807) is 25.3 Å². The molecule has 0 aliphatic rings. The Morgan fingerprint density at radius 3 is 2.82 bits per heavy atom. The maximum Gasteiger partial charge on any atom is 0.224 e. The molecule has 0 bridgehead atoms. The van der Waals surface area contributed by atoms with Crippen molar-refractivity contribution in [3.05, 3.63) is 42.1 Å². The molecule has 22 heavy (non-hydrogen) atoms. The van der Waals surface area contributed by atoms with Crippen LogP contribution in [0.4, 0.5) is 17.5 Å². The first kappa shape index (κ1) is 15.9. The molecule has 116 valence electrons. The Morgan fingerprint density at radius 1 is 1.27 bits per heavy atom. The Bertz CT molecular complexity index is 642. The van der Waals surface area contributed by atoms with Crippen LogP contribution < -0.4 is 10.6 Å². The van der Waals surface area contributed by atoms with Crippen LogP contribution in [0.2, 0.25) is 0 Å². The molecular weight excluding hydrogens is 278 g/mol. The first-order valence-corrected chi connectivity index (χ1v) is 7.14. The summed E-state index contributed by atoms with van der Waals surface area (Å²) in [6.45, 7) is 3.23. The molecule has 2 rings (SSSR count). The number of nitrogens with one attached hydrogen (secondary N) is 2. The highest BCUT2D eigenvalue weighted by Gasteiger charge is 2.03. The fourth-order valence-corrected chi connectivity index (χ4v) is 1.87. The Balaban J connectivity index is 2.03. The predicted molar refractivity (Wildman–Crippen MR) is 88.8 cm³/mol. The molecule has 0 atom stereocenters. The van der Waals surface area contributed by atoms with E-state index in [2.05, 4.69) is 25.5 Å². The van der Waals surface area contributed by atoms with E-state index in [1.165, 1.54) is 0 Å². The van der Waals surface area contributed by atoms with E-state index in [0.717, 1.165) is 18.8 Å².